The number of pyridine rings is 1. The van der Waals surface area contributed by atoms with Crippen LogP contribution in [-0.4, -0.2) is 54.2 Å². The molecule has 3 heterocycles. The Balaban J connectivity index is 1.68. The summed E-state index contributed by atoms with van der Waals surface area (Å²) in [5.41, 5.74) is 4.42. The number of halogens is 1. The second-order valence-corrected chi connectivity index (χ2v) is 7.32. The van der Waals surface area contributed by atoms with Crippen LogP contribution in [0.4, 0.5) is 4.39 Å². The molecule has 30 heavy (non-hydrogen) atoms. The number of aromatic amines is 1. The quantitative estimate of drug-likeness (QED) is 0.645. The van der Waals surface area contributed by atoms with Crippen molar-refractivity contribution in [2.45, 2.75) is 19.4 Å². The molecule has 4 rings (SSSR count). The van der Waals surface area contributed by atoms with E-state index in [1.54, 1.807) is 19.4 Å². The average Bonchev–Trinajstić information content (AvgIpc) is 3.22. The molecule has 1 unspecified atom stereocenters. The van der Waals surface area contributed by atoms with Gasteiger partial charge in [0.05, 0.1) is 14.2 Å². The SMILES string of the molecule is COC(=O)C(C)N1CC=C(c2cc3c(-c4cc(F)ccc4OC)ccnc3[nH]2)CC1. The standard InChI is InChI=1S/C23H24FN3O3/c1-14(23(28)30-3)27-10-7-15(8-11-27)20-13-19-17(6-9-25-22(19)26-20)18-12-16(24)4-5-21(18)29-2/h4-7,9,12-14H,8,10-11H2,1-3H3,(H,25,26). The van der Waals surface area contributed by atoms with Gasteiger partial charge in [0, 0.05) is 35.9 Å². The molecular weight excluding hydrogens is 385 g/mol. The van der Waals surface area contributed by atoms with E-state index in [0.29, 0.717) is 17.9 Å². The lowest BCUT2D eigenvalue weighted by Crippen LogP contribution is -2.41. The van der Waals surface area contributed by atoms with Crippen LogP contribution < -0.4 is 4.74 Å². The number of hydrogen-bond donors (Lipinski definition) is 1. The lowest BCUT2D eigenvalue weighted by atomic mass is 10.0. The van der Waals surface area contributed by atoms with Crippen LogP contribution in [-0.2, 0) is 9.53 Å². The molecular formula is C23H24FN3O3. The first-order chi connectivity index (χ1) is 14.5. The minimum Gasteiger partial charge on any atom is -0.496 e. The smallest absolute Gasteiger partial charge is 0.322 e. The van der Waals surface area contributed by atoms with Crippen molar-refractivity contribution in [2.75, 3.05) is 27.3 Å². The molecule has 7 heteroatoms. The number of nitrogens with one attached hydrogen (secondary N) is 1. The first-order valence-corrected chi connectivity index (χ1v) is 9.84. The number of fused-ring (bicyclic) bond motifs is 1. The van der Waals surface area contributed by atoms with Gasteiger partial charge >= 0.3 is 5.97 Å². The number of methoxy groups -OCH3 is 2. The molecule has 0 fully saturated rings. The van der Waals surface area contributed by atoms with Crippen LogP contribution in [0, 0.1) is 5.82 Å². The summed E-state index contributed by atoms with van der Waals surface area (Å²) in [6.07, 6.45) is 4.63. The summed E-state index contributed by atoms with van der Waals surface area (Å²) in [4.78, 5) is 21.7. The highest BCUT2D eigenvalue weighted by molar-refractivity contribution is 5.96. The van der Waals surface area contributed by atoms with E-state index in [2.05, 4.69) is 20.9 Å². The number of carbonyl (C=O) groups is 1. The Morgan fingerprint density at radius 1 is 1.23 bits per heavy atom. The molecule has 1 aromatic carbocycles. The summed E-state index contributed by atoms with van der Waals surface area (Å²) in [5.74, 6) is 0.0626. The highest BCUT2D eigenvalue weighted by Gasteiger charge is 2.24. The van der Waals surface area contributed by atoms with Crippen LogP contribution in [0.5, 0.6) is 5.75 Å². The lowest BCUT2D eigenvalue weighted by Gasteiger charge is -2.29. The normalized spacial score (nSPS) is 15.7. The number of aromatic nitrogens is 2. The van der Waals surface area contributed by atoms with E-state index in [1.807, 2.05) is 19.1 Å². The van der Waals surface area contributed by atoms with Crippen LogP contribution in [0.1, 0.15) is 19.0 Å². The van der Waals surface area contributed by atoms with Gasteiger partial charge in [-0.15, -0.1) is 0 Å². The summed E-state index contributed by atoms with van der Waals surface area (Å²) in [7, 11) is 2.98. The van der Waals surface area contributed by atoms with E-state index in [4.69, 9.17) is 9.47 Å². The molecule has 0 bridgehead atoms. The van der Waals surface area contributed by atoms with E-state index in [-0.39, 0.29) is 17.8 Å². The number of nitrogens with zero attached hydrogens (tertiary/aromatic N) is 2. The van der Waals surface area contributed by atoms with E-state index >= 15 is 0 Å². The summed E-state index contributed by atoms with van der Waals surface area (Å²) < 4.78 is 24.2. The van der Waals surface area contributed by atoms with Crippen LogP contribution in [0.15, 0.2) is 42.6 Å². The van der Waals surface area contributed by atoms with Crippen molar-refractivity contribution in [3.63, 3.8) is 0 Å². The maximum Gasteiger partial charge on any atom is 0.322 e. The van der Waals surface area contributed by atoms with Gasteiger partial charge in [-0.1, -0.05) is 6.08 Å². The monoisotopic (exact) mass is 409 g/mol. The molecule has 0 aliphatic carbocycles. The second-order valence-electron chi connectivity index (χ2n) is 7.32. The number of H-pyrrole nitrogens is 1. The molecule has 1 N–H and O–H groups in total. The third-order valence-corrected chi connectivity index (χ3v) is 5.66. The Hall–Kier alpha value is -3.19. The lowest BCUT2D eigenvalue weighted by molar-refractivity contribution is -0.146. The van der Waals surface area contributed by atoms with E-state index in [0.717, 1.165) is 35.3 Å². The minimum absolute atomic E-state index is 0.227. The minimum atomic E-state index is -0.318. The van der Waals surface area contributed by atoms with Gasteiger partial charge in [-0.05, 0) is 54.8 Å². The molecule has 2 aromatic heterocycles. The maximum atomic E-state index is 13.9. The molecule has 1 atom stereocenters. The number of esters is 1. The zero-order valence-electron chi connectivity index (χ0n) is 17.2. The molecule has 156 valence electrons. The second kappa shape index (κ2) is 8.28. The summed E-state index contributed by atoms with van der Waals surface area (Å²) in [6.45, 7) is 3.28. The van der Waals surface area contributed by atoms with Gasteiger partial charge < -0.3 is 14.5 Å². The van der Waals surface area contributed by atoms with Crippen LogP contribution in [0.3, 0.4) is 0 Å². The van der Waals surface area contributed by atoms with E-state index in [1.165, 1.54) is 24.8 Å². The summed E-state index contributed by atoms with van der Waals surface area (Å²) >= 11 is 0. The summed E-state index contributed by atoms with van der Waals surface area (Å²) in [5, 5.41) is 0.905. The fourth-order valence-corrected chi connectivity index (χ4v) is 3.93. The van der Waals surface area contributed by atoms with Crippen LogP contribution in [0.2, 0.25) is 0 Å². The Morgan fingerprint density at radius 2 is 2.07 bits per heavy atom. The third kappa shape index (κ3) is 3.68. The molecule has 3 aromatic rings. The molecule has 6 nitrogen and oxygen atoms in total. The Bertz CT molecular complexity index is 1120. The topological polar surface area (TPSA) is 67.4 Å². The zero-order valence-corrected chi connectivity index (χ0v) is 17.2. The largest absolute Gasteiger partial charge is 0.496 e. The van der Waals surface area contributed by atoms with E-state index < -0.39 is 0 Å². The predicted octanol–water partition coefficient (Wildman–Crippen LogP) is 4.03. The average molecular weight is 409 g/mol. The van der Waals surface area contributed by atoms with Gasteiger partial charge in [-0.3, -0.25) is 9.69 Å². The first kappa shape index (κ1) is 20.1. The third-order valence-electron chi connectivity index (χ3n) is 5.66. The number of benzene rings is 1. The number of carbonyl (C=O) groups excluding carboxylic acids is 1. The maximum absolute atomic E-state index is 13.9. The Labute approximate surface area is 174 Å². The Morgan fingerprint density at radius 3 is 2.77 bits per heavy atom. The van der Waals surface area contributed by atoms with Crippen molar-refractivity contribution in [1.29, 1.82) is 0 Å². The van der Waals surface area contributed by atoms with Gasteiger partial charge in [0.25, 0.3) is 0 Å². The van der Waals surface area contributed by atoms with Gasteiger partial charge in [0.15, 0.2) is 0 Å². The zero-order chi connectivity index (χ0) is 21.3. The molecule has 1 aliphatic rings. The van der Waals surface area contributed by atoms with Gasteiger partial charge in [0.2, 0.25) is 0 Å². The summed E-state index contributed by atoms with van der Waals surface area (Å²) in [6, 6.07) is 8.14. The van der Waals surface area contributed by atoms with Crippen molar-refractivity contribution in [3.8, 4) is 16.9 Å². The van der Waals surface area contributed by atoms with Crippen LogP contribution in [0.25, 0.3) is 27.7 Å². The number of hydrogen-bond acceptors (Lipinski definition) is 5. The molecule has 1 aliphatic heterocycles. The van der Waals surface area contributed by atoms with Crippen molar-refractivity contribution in [1.82, 2.24) is 14.9 Å². The van der Waals surface area contributed by atoms with Crippen molar-refractivity contribution >= 4 is 22.6 Å². The first-order valence-electron chi connectivity index (χ1n) is 9.84. The van der Waals surface area contributed by atoms with Crippen molar-refractivity contribution < 1.29 is 18.7 Å². The Kier molecular flexibility index (Phi) is 5.55. The van der Waals surface area contributed by atoms with Gasteiger partial charge in [-0.2, -0.15) is 0 Å². The van der Waals surface area contributed by atoms with E-state index in [9.17, 15) is 9.18 Å². The highest BCUT2D eigenvalue weighted by atomic mass is 19.1. The van der Waals surface area contributed by atoms with Gasteiger partial charge in [0.1, 0.15) is 23.3 Å². The van der Waals surface area contributed by atoms with Crippen molar-refractivity contribution in [3.05, 3.63) is 54.1 Å². The predicted molar refractivity (Wildman–Crippen MR) is 114 cm³/mol. The molecule has 0 radical (unpaired) electrons. The number of rotatable bonds is 5. The van der Waals surface area contributed by atoms with Gasteiger partial charge in [-0.25, -0.2) is 9.37 Å². The number of ether oxygens (including phenoxy) is 2. The van der Waals surface area contributed by atoms with Crippen LogP contribution >= 0.6 is 0 Å². The molecule has 0 amide bonds. The fourth-order valence-electron chi connectivity index (χ4n) is 3.93. The molecule has 0 saturated carbocycles. The molecule has 0 saturated heterocycles. The van der Waals surface area contributed by atoms with Crippen molar-refractivity contribution in [2.24, 2.45) is 0 Å². The fraction of sp³-hybridized carbons (Fsp3) is 0.304. The molecule has 0 spiro atoms. The highest BCUT2D eigenvalue weighted by Crippen LogP contribution is 2.36.